The van der Waals surface area contributed by atoms with Gasteiger partial charge in [-0.2, -0.15) is 0 Å². The van der Waals surface area contributed by atoms with Gasteiger partial charge >= 0.3 is 0 Å². The fourth-order valence-corrected chi connectivity index (χ4v) is 2.37. The molecule has 1 unspecified atom stereocenters. The summed E-state index contributed by atoms with van der Waals surface area (Å²) in [5.74, 6) is 0. The molecule has 1 aromatic rings. The number of nitrogens with one attached hydrogen (secondary N) is 1. The number of nitrogens with zero attached hydrogens (tertiary/aromatic N) is 1. The Labute approximate surface area is 110 Å². The van der Waals surface area contributed by atoms with Crippen molar-refractivity contribution in [3.8, 4) is 0 Å². The summed E-state index contributed by atoms with van der Waals surface area (Å²) in [7, 11) is 0. The number of aliphatic hydroxyl groups excluding tert-OH is 1. The maximum absolute atomic E-state index is 9.20. The van der Waals surface area contributed by atoms with Gasteiger partial charge in [-0.1, -0.05) is 0 Å². The molecule has 2 rings (SSSR count). The van der Waals surface area contributed by atoms with Crippen LogP contribution in [0.3, 0.4) is 0 Å². The van der Waals surface area contributed by atoms with Gasteiger partial charge in [0.25, 0.3) is 0 Å². The summed E-state index contributed by atoms with van der Waals surface area (Å²) >= 11 is 0. The van der Waals surface area contributed by atoms with E-state index in [1.807, 2.05) is 6.92 Å². The van der Waals surface area contributed by atoms with Gasteiger partial charge < -0.3 is 15.3 Å². The highest BCUT2D eigenvalue weighted by Crippen LogP contribution is 2.21. The average molecular weight is 248 g/mol. The lowest BCUT2D eigenvalue weighted by Gasteiger charge is -2.28. The van der Waals surface area contributed by atoms with Crippen LogP contribution in [-0.2, 0) is 0 Å². The Kier molecular flexibility index (Phi) is 4.88. The number of hydrogen-bond acceptors (Lipinski definition) is 3. The van der Waals surface area contributed by atoms with Crippen molar-refractivity contribution in [2.24, 2.45) is 0 Å². The van der Waals surface area contributed by atoms with Crippen molar-refractivity contribution in [1.82, 2.24) is 0 Å². The molecule has 3 nitrogen and oxygen atoms in total. The standard InChI is InChI=1S/C15H24N2O/c1-13(18)9-10-16-14-5-7-15(8-6-14)17-11-3-2-4-12-17/h5-8,13,16,18H,2-4,9-12H2,1H3. The third kappa shape index (κ3) is 3.91. The molecule has 1 heterocycles. The molecule has 0 spiro atoms. The number of rotatable bonds is 5. The maximum Gasteiger partial charge on any atom is 0.0528 e. The maximum atomic E-state index is 9.20. The molecule has 3 heteroatoms. The van der Waals surface area contributed by atoms with Gasteiger partial charge in [-0.25, -0.2) is 0 Å². The smallest absolute Gasteiger partial charge is 0.0528 e. The minimum Gasteiger partial charge on any atom is -0.393 e. The second-order valence-electron chi connectivity index (χ2n) is 5.16. The van der Waals surface area contributed by atoms with Gasteiger partial charge in [0, 0.05) is 31.0 Å². The molecule has 0 radical (unpaired) electrons. The summed E-state index contributed by atoms with van der Waals surface area (Å²) in [6.07, 6.45) is 4.55. The van der Waals surface area contributed by atoms with Crippen molar-refractivity contribution in [2.75, 3.05) is 29.9 Å². The molecule has 0 bridgehead atoms. The summed E-state index contributed by atoms with van der Waals surface area (Å²) in [5.41, 5.74) is 2.46. The van der Waals surface area contributed by atoms with Crippen LogP contribution in [-0.4, -0.2) is 30.8 Å². The zero-order valence-corrected chi connectivity index (χ0v) is 11.2. The highest BCUT2D eigenvalue weighted by Gasteiger charge is 2.10. The van der Waals surface area contributed by atoms with E-state index in [9.17, 15) is 5.11 Å². The molecule has 1 aliphatic rings. The molecular weight excluding hydrogens is 224 g/mol. The number of hydrogen-bond donors (Lipinski definition) is 2. The zero-order chi connectivity index (χ0) is 12.8. The second-order valence-corrected chi connectivity index (χ2v) is 5.16. The topological polar surface area (TPSA) is 35.5 Å². The van der Waals surface area contributed by atoms with Gasteiger partial charge in [0.2, 0.25) is 0 Å². The average Bonchev–Trinajstić information content (AvgIpc) is 2.40. The molecule has 18 heavy (non-hydrogen) atoms. The molecule has 1 atom stereocenters. The second kappa shape index (κ2) is 6.64. The molecule has 1 aromatic carbocycles. The van der Waals surface area contributed by atoms with E-state index in [1.54, 1.807) is 0 Å². The number of aliphatic hydroxyl groups is 1. The Morgan fingerprint density at radius 1 is 1.17 bits per heavy atom. The van der Waals surface area contributed by atoms with Crippen LogP contribution < -0.4 is 10.2 Å². The van der Waals surface area contributed by atoms with Crippen molar-refractivity contribution in [3.63, 3.8) is 0 Å². The third-order valence-electron chi connectivity index (χ3n) is 3.48. The zero-order valence-electron chi connectivity index (χ0n) is 11.2. The fraction of sp³-hybridized carbons (Fsp3) is 0.600. The van der Waals surface area contributed by atoms with E-state index in [4.69, 9.17) is 0 Å². The van der Waals surface area contributed by atoms with Crippen LogP contribution in [0.1, 0.15) is 32.6 Å². The Hall–Kier alpha value is -1.22. The minimum atomic E-state index is -0.231. The van der Waals surface area contributed by atoms with Gasteiger partial charge in [-0.15, -0.1) is 0 Å². The van der Waals surface area contributed by atoms with Crippen molar-refractivity contribution in [1.29, 1.82) is 0 Å². The summed E-state index contributed by atoms with van der Waals surface area (Å²) < 4.78 is 0. The van der Waals surface area contributed by atoms with Gasteiger partial charge in [0.05, 0.1) is 6.10 Å². The summed E-state index contributed by atoms with van der Waals surface area (Å²) in [6, 6.07) is 8.64. The molecule has 1 aliphatic heterocycles. The molecule has 0 aliphatic carbocycles. The fourth-order valence-electron chi connectivity index (χ4n) is 2.37. The van der Waals surface area contributed by atoms with E-state index in [-0.39, 0.29) is 6.10 Å². The molecule has 100 valence electrons. The molecule has 0 amide bonds. The largest absolute Gasteiger partial charge is 0.393 e. The molecule has 0 aromatic heterocycles. The number of benzene rings is 1. The van der Waals surface area contributed by atoms with Crippen LogP contribution in [0.2, 0.25) is 0 Å². The van der Waals surface area contributed by atoms with Crippen LogP contribution in [0, 0.1) is 0 Å². The highest BCUT2D eigenvalue weighted by molar-refractivity contribution is 5.55. The molecule has 1 fully saturated rings. The third-order valence-corrected chi connectivity index (χ3v) is 3.48. The Morgan fingerprint density at radius 3 is 2.44 bits per heavy atom. The summed E-state index contributed by atoms with van der Waals surface area (Å²) in [6.45, 7) is 5.02. The molecule has 1 saturated heterocycles. The quantitative estimate of drug-likeness (QED) is 0.841. The first kappa shape index (κ1) is 13.2. The number of piperidine rings is 1. The van der Waals surface area contributed by atoms with E-state index >= 15 is 0 Å². The van der Waals surface area contributed by atoms with Crippen LogP contribution in [0.4, 0.5) is 11.4 Å². The van der Waals surface area contributed by atoms with Crippen molar-refractivity contribution in [3.05, 3.63) is 24.3 Å². The number of anilines is 2. The first-order chi connectivity index (χ1) is 8.75. The van der Waals surface area contributed by atoms with Gasteiger partial charge in [0.15, 0.2) is 0 Å². The van der Waals surface area contributed by atoms with E-state index in [0.29, 0.717) is 0 Å². The van der Waals surface area contributed by atoms with Crippen LogP contribution in [0.25, 0.3) is 0 Å². The van der Waals surface area contributed by atoms with Gasteiger partial charge in [0.1, 0.15) is 0 Å². The monoisotopic (exact) mass is 248 g/mol. The SMILES string of the molecule is CC(O)CCNc1ccc(N2CCCCC2)cc1. The Morgan fingerprint density at radius 2 is 1.83 bits per heavy atom. The van der Waals surface area contributed by atoms with E-state index in [2.05, 4.69) is 34.5 Å². The Balaban J connectivity index is 1.84. The van der Waals surface area contributed by atoms with Crippen LogP contribution in [0.5, 0.6) is 0 Å². The molecule has 2 N–H and O–H groups in total. The van der Waals surface area contributed by atoms with Crippen molar-refractivity contribution < 1.29 is 5.11 Å². The lowest BCUT2D eigenvalue weighted by atomic mass is 10.1. The summed E-state index contributed by atoms with van der Waals surface area (Å²) in [5, 5.41) is 12.5. The minimum absolute atomic E-state index is 0.231. The lowest BCUT2D eigenvalue weighted by molar-refractivity contribution is 0.189. The first-order valence-corrected chi connectivity index (χ1v) is 7.02. The van der Waals surface area contributed by atoms with Crippen molar-refractivity contribution in [2.45, 2.75) is 38.7 Å². The normalized spacial score (nSPS) is 17.6. The molecule has 0 saturated carbocycles. The van der Waals surface area contributed by atoms with Gasteiger partial charge in [-0.3, -0.25) is 0 Å². The first-order valence-electron chi connectivity index (χ1n) is 7.02. The lowest BCUT2D eigenvalue weighted by Crippen LogP contribution is -2.29. The van der Waals surface area contributed by atoms with Crippen LogP contribution in [0.15, 0.2) is 24.3 Å². The summed E-state index contributed by atoms with van der Waals surface area (Å²) in [4.78, 5) is 2.46. The predicted octanol–water partition coefficient (Wildman–Crippen LogP) is 2.86. The van der Waals surface area contributed by atoms with E-state index < -0.39 is 0 Å². The van der Waals surface area contributed by atoms with E-state index in [1.165, 1.54) is 38.0 Å². The predicted molar refractivity (Wildman–Crippen MR) is 77.3 cm³/mol. The molecular formula is C15H24N2O. The highest BCUT2D eigenvalue weighted by atomic mass is 16.3. The van der Waals surface area contributed by atoms with Crippen LogP contribution >= 0.6 is 0 Å². The van der Waals surface area contributed by atoms with E-state index in [0.717, 1.165) is 18.7 Å². The van der Waals surface area contributed by atoms with Crippen molar-refractivity contribution >= 4 is 11.4 Å². The Bertz CT molecular complexity index is 342. The van der Waals surface area contributed by atoms with Gasteiger partial charge in [-0.05, 0) is 56.9 Å².